The van der Waals surface area contributed by atoms with Crippen LogP contribution in [-0.2, 0) is 0 Å². The maximum absolute atomic E-state index is 13.1. The van der Waals surface area contributed by atoms with Gasteiger partial charge in [-0.2, -0.15) is 0 Å². The van der Waals surface area contributed by atoms with Crippen LogP contribution in [-0.4, -0.2) is 23.9 Å². The normalized spacial score (nSPS) is 14.0. The summed E-state index contributed by atoms with van der Waals surface area (Å²) >= 11 is 0. The van der Waals surface area contributed by atoms with Crippen molar-refractivity contribution in [3.05, 3.63) is 70.8 Å². The molecule has 0 radical (unpaired) electrons. The number of hydrogen-bond donors (Lipinski definition) is 0. The topological polar surface area (TPSA) is 20.3 Å². The van der Waals surface area contributed by atoms with Gasteiger partial charge in [0.1, 0.15) is 0 Å². The highest BCUT2D eigenvalue weighted by atomic mass is 19.2. The fraction of sp³-hybridized carbons (Fsp3) is 0.211. The van der Waals surface area contributed by atoms with Crippen molar-refractivity contribution in [3.8, 4) is 11.8 Å². The first-order valence-corrected chi connectivity index (χ1v) is 7.39. The lowest BCUT2D eigenvalue weighted by molar-refractivity contribution is 0.0530. The first-order chi connectivity index (χ1) is 11.0. The molecule has 0 saturated carbocycles. The minimum absolute atomic E-state index is 0.0308. The van der Waals surface area contributed by atoms with Gasteiger partial charge in [0.15, 0.2) is 11.6 Å². The van der Waals surface area contributed by atoms with E-state index in [0.29, 0.717) is 22.6 Å². The second-order valence-electron chi connectivity index (χ2n) is 5.77. The van der Waals surface area contributed by atoms with E-state index < -0.39 is 11.6 Å². The second kappa shape index (κ2) is 6.21. The van der Waals surface area contributed by atoms with Gasteiger partial charge in [0.25, 0.3) is 5.91 Å². The van der Waals surface area contributed by atoms with Crippen LogP contribution >= 0.6 is 0 Å². The summed E-state index contributed by atoms with van der Waals surface area (Å²) in [5.41, 5.74) is 1.75. The molecule has 1 heterocycles. The first kappa shape index (κ1) is 15.2. The summed E-state index contributed by atoms with van der Waals surface area (Å²) in [6.07, 6.45) is 0. The van der Waals surface area contributed by atoms with Crippen LogP contribution < -0.4 is 0 Å². The average Bonchev–Trinajstić information content (AvgIpc) is 2.53. The van der Waals surface area contributed by atoms with E-state index in [2.05, 4.69) is 18.8 Å². The molecule has 2 aromatic carbocycles. The number of rotatable bonds is 1. The van der Waals surface area contributed by atoms with Gasteiger partial charge in [-0.3, -0.25) is 4.79 Å². The lowest BCUT2D eigenvalue weighted by Crippen LogP contribution is -2.48. The summed E-state index contributed by atoms with van der Waals surface area (Å²) in [5, 5.41) is 0. The quantitative estimate of drug-likeness (QED) is 0.739. The molecule has 2 aromatic rings. The number of hydrogen-bond acceptors (Lipinski definition) is 1. The smallest absolute Gasteiger partial charge is 0.253 e. The van der Waals surface area contributed by atoms with Crippen LogP contribution in [0, 0.1) is 29.4 Å². The molecule has 0 bridgehead atoms. The van der Waals surface area contributed by atoms with E-state index in [1.165, 1.54) is 6.07 Å². The average molecular weight is 311 g/mol. The predicted molar refractivity (Wildman–Crippen MR) is 83.8 cm³/mol. The molecule has 116 valence electrons. The van der Waals surface area contributed by atoms with Crippen molar-refractivity contribution < 1.29 is 13.6 Å². The number of amides is 1. The summed E-state index contributed by atoms with van der Waals surface area (Å²) in [5.74, 6) is 4.45. The van der Waals surface area contributed by atoms with E-state index in [0.717, 1.165) is 25.2 Å². The van der Waals surface area contributed by atoms with Crippen LogP contribution in [0.1, 0.15) is 28.4 Å². The van der Waals surface area contributed by atoms with Gasteiger partial charge in [0.05, 0.1) is 0 Å². The maximum atomic E-state index is 13.1. The summed E-state index contributed by atoms with van der Waals surface area (Å²) in [6.45, 7) is 3.72. The van der Waals surface area contributed by atoms with Gasteiger partial charge in [0, 0.05) is 29.8 Å². The monoisotopic (exact) mass is 311 g/mol. The van der Waals surface area contributed by atoms with Crippen LogP contribution in [0.15, 0.2) is 42.5 Å². The van der Waals surface area contributed by atoms with Crippen molar-refractivity contribution >= 4 is 5.91 Å². The second-order valence-corrected chi connectivity index (χ2v) is 5.77. The Bertz CT molecular complexity index is 796. The third-order valence-corrected chi connectivity index (χ3v) is 3.75. The van der Waals surface area contributed by atoms with Gasteiger partial charge in [-0.1, -0.05) is 18.8 Å². The van der Waals surface area contributed by atoms with Gasteiger partial charge < -0.3 is 4.90 Å². The molecular formula is C19H15F2NO. The van der Waals surface area contributed by atoms with Crippen molar-refractivity contribution in [1.29, 1.82) is 0 Å². The molecule has 1 amide bonds. The zero-order valence-corrected chi connectivity index (χ0v) is 12.6. The van der Waals surface area contributed by atoms with Gasteiger partial charge in [-0.15, -0.1) is 0 Å². The third kappa shape index (κ3) is 3.40. The highest BCUT2D eigenvalue weighted by Gasteiger charge is 2.27. The number of benzene rings is 2. The molecule has 0 unspecified atom stereocenters. The Kier molecular flexibility index (Phi) is 4.12. The Hall–Kier alpha value is -2.67. The minimum atomic E-state index is -0.915. The van der Waals surface area contributed by atoms with Crippen LogP contribution in [0.3, 0.4) is 0 Å². The molecule has 1 saturated heterocycles. The number of nitrogens with zero attached hydrogens (tertiary/aromatic N) is 1. The Morgan fingerprint density at radius 1 is 1.00 bits per heavy atom. The fourth-order valence-electron chi connectivity index (χ4n) is 2.46. The number of carbonyl (C=O) groups is 1. The largest absolute Gasteiger partial charge is 0.338 e. The van der Waals surface area contributed by atoms with Crippen LogP contribution in [0.4, 0.5) is 8.78 Å². The Morgan fingerprint density at radius 3 is 2.22 bits per heavy atom. The van der Waals surface area contributed by atoms with Crippen molar-refractivity contribution in [2.45, 2.75) is 6.92 Å². The van der Waals surface area contributed by atoms with Gasteiger partial charge in [-0.05, 0) is 48.4 Å². The van der Waals surface area contributed by atoms with Crippen molar-refractivity contribution in [3.63, 3.8) is 0 Å². The summed E-state index contributed by atoms with van der Waals surface area (Å²) in [7, 11) is 0. The predicted octanol–water partition coefficient (Wildman–Crippen LogP) is 3.46. The molecule has 1 aliphatic heterocycles. The molecule has 0 aliphatic carbocycles. The van der Waals surface area contributed by atoms with Crippen molar-refractivity contribution in [2.75, 3.05) is 13.1 Å². The summed E-state index contributed by atoms with van der Waals surface area (Å²) < 4.78 is 26.0. The lowest BCUT2D eigenvalue weighted by Gasteiger charge is -2.37. The van der Waals surface area contributed by atoms with E-state index >= 15 is 0 Å². The fourth-order valence-corrected chi connectivity index (χ4v) is 2.46. The Balaban J connectivity index is 1.71. The molecule has 0 aromatic heterocycles. The van der Waals surface area contributed by atoms with Crippen LogP contribution in [0.5, 0.6) is 0 Å². The van der Waals surface area contributed by atoms with Crippen LogP contribution in [0.2, 0.25) is 0 Å². The molecule has 3 rings (SSSR count). The molecule has 23 heavy (non-hydrogen) atoms. The Labute approximate surface area is 133 Å². The molecule has 1 aliphatic rings. The molecule has 1 fully saturated rings. The van der Waals surface area contributed by atoms with E-state index in [9.17, 15) is 13.6 Å². The molecule has 4 heteroatoms. The first-order valence-electron chi connectivity index (χ1n) is 7.39. The molecule has 2 nitrogen and oxygen atoms in total. The highest BCUT2D eigenvalue weighted by Crippen LogP contribution is 2.18. The zero-order valence-electron chi connectivity index (χ0n) is 12.6. The molecular weight excluding hydrogens is 296 g/mol. The van der Waals surface area contributed by atoms with Crippen molar-refractivity contribution in [1.82, 2.24) is 4.90 Å². The molecule has 0 spiro atoms. The van der Waals surface area contributed by atoms with E-state index in [4.69, 9.17) is 0 Å². The number of likely N-dealkylation sites (tertiary alicyclic amines) is 1. The number of halogens is 2. The minimum Gasteiger partial charge on any atom is -0.338 e. The maximum Gasteiger partial charge on any atom is 0.253 e. The highest BCUT2D eigenvalue weighted by molar-refractivity contribution is 5.94. The van der Waals surface area contributed by atoms with E-state index in [1.807, 2.05) is 4.90 Å². The Morgan fingerprint density at radius 2 is 1.61 bits per heavy atom. The van der Waals surface area contributed by atoms with Gasteiger partial charge >= 0.3 is 0 Å². The van der Waals surface area contributed by atoms with Crippen LogP contribution in [0.25, 0.3) is 0 Å². The molecule has 0 N–H and O–H groups in total. The SMILES string of the molecule is CC1CN(C(=O)c2ccc(C#Cc3ccc(F)c(F)c3)cc2)C1. The summed E-state index contributed by atoms with van der Waals surface area (Å²) in [6, 6.07) is 10.5. The van der Waals surface area contributed by atoms with Crippen molar-refractivity contribution in [2.24, 2.45) is 5.92 Å². The van der Waals surface area contributed by atoms with Gasteiger partial charge in [-0.25, -0.2) is 8.78 Å². The molecule has 0 atom stereocenters. The third-order valence-electron chi connectivity index (χ3n) is 3.75. The lowest BCUT2D eigenvalue weighted by atomic mass is 10.0. The standard InChI is InChI=1S/C19H15F2NO/c1-13-11-22(12-13)19(23)16-7-4-14(5-8-16)2-3-15-6-9-17(20)18(21)10-15/h4-10,13H,11-12H2,1H3. The van der Waals surface area contributed by atoms with Gasteiger partial charge in [0.2, 0.25) is 0 Å². The van der Waals surface area contributed by atoms with E-state index in [-0.39, 0.29) is 5.91 Å². The zero-order chi connectivity index (χ0) is 16.4. The number of carbonyl (C=O) groups excluding carboxylic acids is 1. The van der Waals surface area contributed by atoms with E-state index in [1.54, 1.807) is 24.3 Å². The summed E-state index contributed by atoms with van der Waals surface area (Å²) in [4.78, 5) is 14.0.